The molecule has 0 bridgehead atoms. The van der Waals surface area contributed by atoms with Gasteiger partial charge in [-0.15, -0.1) is 0 Å². The van der Waals surface area contributed by atoms with Crippen LogP contribution < -0.4 is 4.74 Å². The third-order valence-electron chi connectivity index (χ3n) is 3.99. The van der Waals surface area contributed by atoms with Gasteiger partial charge < -0.3 is 4.74 Å². The van der Waals surface area contributed by atoms with Crippen molar-refractivity contribution in [3.63, 3.8) is 0 Å². The summed E-state index contributed by atoms with van der Waals surface area (Å²) in [6.07, 6.45) is 1.42. The molecule has 0 fully saturated rings. The SMILES string of the molecule is COc1ccccc1C(=O)CC1=C(C)C(C)=C(C)C1. The lowest BCUT2D eigenvalue weighted by Crippen LogP contribution is -2.03. The van der Waals surface area contributed by atoms with Crippen molar-refractivity contribution in [2.75, 3.05) is 7.11 Å². The van der Waals surface area contributed by atoms with E-state index in [0.29, 0.717) is 17.7 Å². The lowest BCUT2D eigenvalue weighted by atomic mass is 9.98. The third kappa shape index (κ3) is 2.62. The Bertz CT molecular complexity index is 577. The summed E-state index contributed by atoms with van der Waals surface area (Å²) in [5, 5.41) is 0. The molecule has 2 rings (SSSR count). The van der Waals surface area contributed by atoms with E-state index in [-0.39, 0.29) is 5.78 Å². The minimum atomic E-state index is 0.134. The second-order valence-corrected chi connectivity index (χ2v) is 5.11. The minimum Gasteiger partial charge on any atom is -0.496 e. The molecule has 1 aromatic carbocycles. The lowest BCUT2D eigenvalue weighted by molar-refractivity contribution is 0.0989. The van der Waals surface area contributed by atoms with Crippen LogP contribution in [0.1, 0.15) is 44.0 Å². The van der Waals surface area contributed by atoms with E-state index in [1.165, 1.54) is 22.3 Å². The van der Waals surface area contributed by atoms with E-state index in [4.69, 9.17) is 4.74 Å². The van der Waals surface area contributed by atoms with Gasteiger partial charge in [0.15, 0.2) is 5.78 Å². The van der Waals surface area contributed by atoms with Crippen molar-refractivity contribution in [1.82, 2.24) is 0 Å². The van der Waals surface area contributed by atoms with Gasteiger partial charge in [-0.3, -0.25) is 4.79 Å². The number of methoxy groups -OCH3 is 1. The highest BCUT2D eigenvalue weighted by molar-refractivity contribution is 6.00. The van der Waals surface area contributed by atoms with E-state index in [9.17, 15) is 4.79 Å². The van der Waals surface area contributed by atoms with Gasteiger partial charge in [0.25, 0.3) is 0 Å². The quantitative estimate of drug-likeness (QED) is 0.750. The van der Waals surface area contributed by atoms with Crippen LogP contribution in [0.4, 0.5) is 0 Å². The van der Waals surface area contributed by atoms with Crippen LogP contribution in [0.15, 0.2) is 46.6 Å². The second-order valence-electron chi connectivity index (χ2n) is 5.11. The first kappa shape index (κ1) is 13.6. The average Bonchev–Trinajstić information content (AvgIpc) is 2.66. The largest absolute Gasteiger partial charge is 0.496 e. The summed E-state index contributed by atoms with van der Waals surface area (Å²) >= 11 is 0. The topological polar surface area (TPSA) is 26.3 Å². The number of hydrogen-bond donors (Lipinski definition) is 0. The van der Waals surface area contributed by atoms with Gasteiger partial charge in [0.1, 0.15) is 5.75 Å². The fourth-order valence-electron chi connectivity index (χ4n) is 2.53. The number of Topliss-reactive ketones (excluding diaryl/α,β-unsaturated/α-hetero) is 1. The first-order valence-corrected chi connectivity index (χ1v) is 6.56. The first-order chi connectivity index (χ1) is 9.04. The van der Waals surface area contributed by atoms with E-state index in [1.807, 2.05) is 24.3 Å². The molecule has 0 aromatic heterocycles. The molecule has 0 saturated heterocycles. The van der Waals surface area contributed by atoms with Gasteiger partial charge >= 0.3 is 0 Å². The van der Waals surface area contributed by atoms with Crippen molar-refractivity contribution >= 4 is 5.78 Å². The zero-order valence-corrected chi connectivity index (χ0v) is 12.0. The fraction of sp³-hybridized carbons (Fsp3) is 0.353. The molecule has 0 spiro atoms. The van der Waals surface area contributed by atoms with Crippen LogP contribution in [0.2, 0.25) is 0 Å². The summed E-state index contributed by atoms with van der Waals surface area (Å²) in [6, 6.07) is 7.42. The first-order valence-electron chi connectivity index (χ1n) is 6.56. The summed E-state index contributed by atoms with van der Waals surface area (Å²) in [6.45, 7) is 6.38. The molecule has 0 unspecified atom stereocenters. The standard InChI is InChI=1S/C17H20O2/c1-11-9-14(13(3)12(11)2)10-16(18)15-7-5-6-8-17(15)19-4/h5-8H,9-10H2,1-4H3. The number of carbonyl (C=O) groups is 1. The molecular formula is C17H20O2. The van der Waals surface area contributed by atoms with Crippen molar-refractivity contribution in [1.29, 1.82) is 0 Å². The molecule has 0 aliphatic heterocycles. The van der Waals surface area contributed by atoms with Crippen LogP contribution in [0.25, 0.3) is 0 Å². The Balaban J connectivity index is 2.20. The molecule has 0 heterocycles. The highest BCUT2D eigenvalue weighted by atomic mass is 16.5. The van der Waals surface area contributed by atoms with Gasteiger partial charge in [-0.1, -0.05) is 23.3 Å². The number of carbonyl (C=O) groups excluding carboxylic acids is 1. The number of para-hydroxylation sites is 1. The smallest absolute Gasteiger partial charge is 0.170 e. The van der Waals surface area contributed by atoms with E-state index < -0.39 is 0 Å². The molecule has 0 saturated carbocycles. The molecule has 19 heavy (non-hydrogen) atoms. The molecule has 0 atom stereocenters. The third-order valence-corrected chi connectivity index (χ3v) is 3.99. The Morgan fingerprint density at radius 3 is 2.42 bits per heavy atom. The van der Waals surface area contributed by atoms with Crippen LogP contribution in [0.5, 0.6) is 5.75 Å². The Morgan fingerprint density at radius 1 is 1.16 bits per heavy atom. The molecule has 2 nitrogen and oxygen atoms in total. The molecule has 100 valence electrons. The highest BCUT2D eigenvalue weighted by Gasteiger charge is 2.20. The summed E-state index contributed by atoms with van der Waals surface area (Å²) < 4.78 is 5.25. The summed E-state index contributed by atoms with van der Waals surface area (Å²) in [4.78, 5) is 12.4. The molecule has 2 heteroatoms. The van der Waals surface area contributed by atoms with Crippen LogP contribution in [0.3, 0.4) is 0 Å². The minimum absolute atomic E-state index is 0.134. The number of rotatable bonds is 4. The molecule has 1 aliphatic carbocycles. The van der Waals surface area contributed by atoms with Crippen LogP contribution >= 0.6 is 0 Å². The predicted molar refractivity (Wildman–Crippen MR) is 77.6 cm³/mol. The summed E-state index contributed by atoms with van der Waals surface area (Å²) in [7, 11) is 1.60. The lowest BCUT2D eigenvalue weighted by Gasteiger charge is -2.08. The van der Waals surface area contributed by atoms with Crippen molar-refractivity contribution in [3.05, 3.63) is 52.1 Å². The van der Waals surface area contributed by atoms with Gasteiger partial charge in [0.05, 0.1) is 12.7 Å². The van der Waals surface area contributed by atoms with Gasteiger partial charge in [0, 0.05) is 6.42 Å². The number of ketones is 1. The molecule has 1 aliphatic rings. The molecule has 1 aromatic rings. The van der Waals surface area contributed by atoms with Crippen molar-refractivity contribution in [2.24, 2.45) is 0 Å². The van der Waals surface area contributed by atoms with E-state index in [1.54, 1.807) is 7.11 Å². The molecule has 0 amide bonds. The van der Waals surface area contributed by atoms with Crippen molar-refractivity contribution < 1.29 is 9.53 Å². The van der Waals surface area contributed by atoms with E-state index in [2.05, 4.69) is 20.8 Å². The zero-order chi connectivity index (χ0) is 14.0. The molecular weight excluding hydrogens is 236 g/mol. The number of benzene rings is 1. The van der Waals surface area contributed by atoms with Crippen LogP contribution in [-0.4, -0.2) is 12.9 Å². The summed E-state index contributed by atoms with van der Waals surface area (Å²) in [5.74, 6) is 0.791. The van der Waals surface area contributed by atoms with Crippen molar-refractivity contribution in [2.45, 2.75) is 33.6 Å². The fourth-order valence-corrected chi connectivity index (χ4v) is 2.53. The van der Waals surface area contributed by atoms with E-state index in [0.717, 1.165) is 6.42 Å². The van der Waals surface area contributed by atoms with Gasteiger partial charge in [0.2, 0.25) is 0 Å². The summed E-state index contributed by atoms with van der Waals surface area (Å²) in [5.41, 5.74) is 5.90. The zero-order valence-electron chi connectivity index (χ0n) is 12.0. The second kappa shape index (κ2) is 5.43. The average molecular weight is 256 g/mol. The number of hydrogen-bond acceptors (Lipinski definition) is 2. The normalized spacial score (nSPS) is 15.2. The number of ether oxygens (including phenoxy) is 1. The van der Waals surface area contributed by atoms with Crippen LogP contribution in [-0.2, 0) is 0 Å². The predicted octanol–water partition coefficient (Wildman–Crippen LogP) is 4.32. The van der Waals surface area contributed by atoms with Gasteiger partial charge in [-0.2, -0.15) is 0 Å². The Hall–Kier alpha value is -1.83. The van der Waals surface area contributed by atoms with Gasteiger partial charge in [-0.25, -0.2) is 0 Å². The maximum absolute atomic E-state index is 12.4. The monoisotopic (exact) mass is 256 g/mol. The van der Waals surface area contributed by atoms with Crippen LogP contribution in [0, 0.1) is 0 Å². The van der Waals surface area contributed by atoms with Crippen molar-refractivity contribution in [3.8, 4) is 5.75 Å². The van der Waals surface area contributed by atoms with Gasteiger partial charge in [-0.05, 0) is 50.5 Å². The Morgan fingerprint density at radius 2 is 1.84 bits per heavy atom. The van der Waals surface area contributed by atoms with E-state index >= 15 is 0 Å². The maximum atomic E-state index is 12.4. The molecule has 0 radical (unpaired) electrons. The number of allylic oxidation sites excluding steroid dienone is 4. The Kier molecular flexibility index (Phi) is 3.89. The maximum Gasteiger partial charge on any atom is 0.170 e. The highest BCUT2D eigenvalue weighted by Crippen LogP contribution is 2.34. The Labute approximate surface area is 114 Å². The molecule has 0 N–H and O–H groups in total.